The summed E-state index contributed by atoms with van der Waals surface area (Å²) in [6, 6.07) is 5.70. The molecule has 1 saturated heterocycles. The third-order valence-electron chi connectivity index (χ3n) is 9.14. The number of likely N-dealkylation sites (tertiary alicyclic amines) is 1. The van der Waals surface area contributed by atoms with Gasteiger partial charge < -0.3 is 30.1 Å². The van der Waals surface area contributed by atoms with Gasteiger partial charge in [-0.2, -0.15) is 4.98 Å². The lowest BCUT2D eigenvalue weighted by Crippen LogP contribution is -2.46. The molecule has 5 rings (SSSR count). The number of ether oxygens (including phenoxy) is 1. The monoisotopic (exact) mass is 563 g/mol. The number of anilines is 4. The van der Waals surface area contributed by atoms with Gasteiger partial charge in [0.2, 0.25) is 11.9 Å². The van der Waals surface area contributed by atoms with Crippen molar-refractivity contribution in [2.75, 3.05) is 62.0 Å². The molecule has 1 aromatic carbocycles. The fourth-order valence-electron chi connectivity index (χ4n) is 6.36. The number of piperidine rings is 1. The molecule has 2 aromatic rings. The van der Waals surface area contributed by atoms with Crippen LogP contribution in [0.15, 0.2) is 24.4 Å². The quantitative estimate of drug-likeness (QED) is 0.457. The lowest BCUT2D eigenvalue weighted by Gasteiger charge is -2.35. The van der Waals surface area contributed by atoms with E-state index in [1.165, 1.54) is 32.1 Å². The van der Waals surface area contributed by atoms with Gasteiger partial charge in [0.05, 0.1) is 24.4 Å². The lowest BCUT2D eigenvalue weighted by atomic mass is 9.85. The van der Waals surface area contributed by atoms with Crippen molar-refractivity contribution < 1.29 is 14.3 Å². The molecule has 2 fully saturated rings. The minimum atomic E-state index is -0.501. The summed E-state index contributed by atoms with van der Waals surface area (Å²) in [7, 11) is 3.41. The molecule has 3 heterocycles. The van der Waals surface area contributed by atoms with E-state index in [1.54, 1.807) is 30.3 Å². The van der Waals surface area contributed by atoms with Crippen molar-refractivity contribution in [2.45, 2.75) is 71.3 Å². The minimum absolute atomic E-state index is 0.0949. The van der Waals surface area contributed by atoms with Crippen molar-refractivity contribution in [1.82, 2.24) is 20.2 Å². The van der Waals surface area contributed by atoms with E-state index in [1.807, 2.05) is 13.1 Å². The van der Waals surface area contributed by atoms with Crippen LogP contribution in [0.1, 0.15) is 75.6 Å². The summed E-state index contributed by atoms with van der Waals surface area (Å²) in [5.74, 6) is 1.71. The van der Waals surface area contributed by atoms with Gasteiger partial charge in [-0.3, -0.25) is 9.59 Å². The first-order valence-electron chi connectivity index (χ1n) is 15.2. The van der Waals surface area contributed by atoms with Crippen molar-refractivity contribution in [3.8, 4) is 5.75 Å². The first-order valence-corrected chi connectivity index (χ1v) is 15.2. The Hall–Kier alpha value is -3.40. The fourth-order valence-corrected chi connectivity index (χ4v) is 6.36. The molecule has 1 aromatic heterocycles. The zero-order chi connectivity index (χ0) is 29.0. The van der Waals surface area contributed by atoms with Crippen molar-refractivity contribution in [3.63, 3.8) is 0 Å². The first kappa shape index (κ1) is 29.1. The zero-order valence-corrected chi connectivity index (χ0v) is 25.0. The van der Waals surface area contributed by atoms with Crippen LogP contribution in [0.4, 0.5) is 23.1 Å². The third-order valence-corrected chi connectivity index (χ3v) is 9.14. The van der Waals surface area contributed by atoms with Crippen LogP contribution in [0.25, 0.3) is 0 Å². The number of nitrogens with zero attached hydrogens (tertiary/aromatic N) is 5. The predicted molar refractivity (Wildman–Crippen MR) is 162 cm³/mol. The van der Waals surface area contributed by atoms with Crippen LogP contribution >= 0.6 is 0 Å². The number of aromatic nitrogens is 2. The van der Waals surface area contributed by atoms with Crippen LogP contribution < -0.4 is 25.2 Å². The Kier molecular flexibility index (Phi) is 8.97. The molecule has 1 unspecified atom stereocenters. The summed E-state index contributed by atoms with van der Waals surface area (Å²) in [5, 5.41) is 6.34. The number of methoxy groups -OCH3 is 1. The number of fused-ring (bicyclic) bond motifs is 1. The van der Waals surface area contributed by atoms with Gasteiger partial charge in [-0.25, -0.2) is 4.98 Å². The van der Waals surface area contributed by atoms with E-state index in [0.29, 0.717) is 42.1 Å². The van der Waals surface area contributed by atoms with Gasteiger partial charge in [0, 0.05) is 38.3 Å². The first-order chi connectivity index (χ1) is 19.8. The van der Waals surface area contributed by atoms with Gasteiger partial charge in [-0.1, -0.05) is 26.2 Å². The van der Waals surface area contributed by atoms with Crippen LogP contribution in [-0.4, -0.2) is 79.6 Å². The molecule has 1 saturated carbocycles. The third kappa shape index (κ3) is 6.27. The summed E-state index contributed by atoms with van der Waals surface area (Å²) < 4.78 is 5.65. The molecular formula is C31H45N7O3. The van der Waals surface area contributed by atoms with E-state index in [9.17, 15) is 9.59 Å². The van der Waals surface area contributed by atoms with Crippen molar-refractivity contribution in [1.29, 1.82) is 0 Å². The van der Waals surface area contributed by atoms with Gasteiger partial charge in [0.25, 0.3) is 5.91 Å². The Morgan fingerprint density at radius 2 is 1.90 bits per heavy atom. The Morgan fingerprint density at radius 3 is 2.61 bits per heavy atom. The van der Waals surface area contributed by atoms with Gasteiger partial charge in [-0.05, 0) is 70.3 Å². The molecule has 1 aliphatic carbocycles. The highest BCUT2D eigenvalue weighted by atomic mass is 16.5. The standard InChI is InChI=1S/C31H45N7O3/c1-5-31(2)21-38(23-11-7-8-12-23)27-25(36(3)29(31)40)20-33-30(35-27)34-24-14-13-22(19-26(24)41-4)28(39)32-15-18-37-16-9-6-10-17-37/h13-14,19-20,23H,5-12,15-18,21H2,1-4H3,(H,32,39)(H,33,34,35). The maximum atomic E-state index is 13.5. The summed E-state index contributed by atoms with van der Waals surface area (Å²) >= 11 is 0. The largest absolute Gasteiger partial charge is 0.495 e. The van der Waals surface area contributed by atoms with E-state index in [-0.39, 0.29) is 11.8 Å². The molecule has 0 bridgehead atoms. The summed E-state index contributed by atoms with van der Waals surface area (Å²) in [5.41, 5.74) is 1.44. The summed E-state index contributed by atoms with van der Waals surface area (Å²) in [6.45, 7) is 8.48. The summed E-state index contributed by atoms with van der Waals surface area (Å²) in [4.78, 5) is 42.4. The van der Waals surface area contributed by atoms with Crippen LogP contribution in [-0.2, 0) is 4.79 Å². The van der Waals surface area contributed by atoms with E-state index in [0.717, 1.165) is 50.4 Å². The molecule has 2 amide bonds. The SMILES string of the molecule is CCC1(C)CN(C2CCCC2)c2nc(Nc3ccc(C(=O)NCCN4CCCCC4)cc3OC)ncc2N(C)C1=O. The Balaban J connectivity index is 1.34. The number of rotatable bonds is 9. The van der Waals surface area contributed by atoms with Gasteiger partial charge in [-0.15, -0.1) is 0 Å². The maximum absolute atomic E-state index is 13.5. The predicted octanol–water partition coefficient (Wildman–Crippen LogP) is 4.59. The molecule has 0 spiro atoms. The maximum Gasteiger partial charge on any atom is 0.251 e. The molecular weight excluding hydrogens is 518 g/mol. The summed E-state index contributed by atoms with van der Waals surface area (Å²) in [6.07, 6.45) is 10.8. The molecule has 10 heteroatoms. The number of carbonyl (C=O) groups is 2. The molecule has 1 atom stereocenters. The minimum Gasteiger partial charge on any atom is -0.495 e. The second-order valence-electron chi connectivity index (χ2n) is 11.9. The smallest absolute Gasteiger partial charge is 0.251 e. The molecule has 0 radical (unpaired) electrons. The number of hydrogen-bond acceptors (Lipinski definition) is 8. The zero-order valence-electron chi connectivity index (χ0n) is 25.0. The van der Waals surface area contributed by atoms with Crippen LogP contribution in [0, 0.1) is 5.41 Å². The molecule has 222 valence electrons. The number of carbonyl (C=O) groups excluding carboxylic acids is 2. The number of amides is 2. The molecule has 10 nitrogen and oxygen atoms in total. The number of nitrogens with one attached hydrogen (secondary N) is 2. The normalized spacial score (nSPS) is 21.9. The molecule has 2 N–H and O–H groups in total. The van der Waals surface area contributed by atoms with E-state index in [2.05, 4.69) is 39.3 Å². The van der Waals surface area contributed by atoms with Gasteiger partial charge >= 0.3 is 0 Å². The number of hydrogen-bond donors (Lipinski definition) is 2. The van der Waals surface area contributed by atoms with E-state index < -0.39 is 5.41 Å². The van der Waals surface area contributed by atoms with Crippen LogP contribution in [0.2, 0.25) is 0 Å². The van der Waals surface area contributed by atoms with Gasteiger partial charge in [0.1, 0.15) is 11.4 Å². The van der Waals surface area contributed by atoms with Crippen molar-refractivity contribution >= 4 is 35.0 Å². The Bertz CT molecular complexity index is 1240. The average Bonchev–Trinajstić information content (AvgIpc) is 3.52. The van der Waals surface area contributed by atoms with Crippen LogP contribution in [0.3, 0.4) is 0 Å². The second-order valence-corrected chi connectivity index (χ2v) is 11.9. The highest BCUT2D eigenvalue weighted by molar-refractivity contribution is 6.01. The lowest BCUT2D eigenvalue weighted by molar-refractivity contribution is -0.126. The Labute approximate surface area is 243 Å². The van der Waals surface area contributed by atoms with Crippen LogP contribution in [0.5, 0.6) is 5.75 Å². The highest BCUT2D eigenvalue weighted by Gasteiger charge is 2.43. The Morgan fingerprint density at radius 1 is 1.15 bits per heavy atom. The average molecular weight is 564 g/mol. The molecule has 3 aliphatic rings. The van der Waals surface area contributed by atoms with Gasteiger partial charge in [0.15, 0.2) is 5.82 Å². The second kappa shape index (κ2) is 12.6. The highest BCUT2D eigenvalue weighted by Crippen LogP contribution is 2.42. The number of benzene rings is 1. The van der Waals surface area contributed by atoms with Crippen molar-refractivity contribution in [3.05, 3.63) is 30.0 Å². The fraction of sp³-hybridized carbons (Fsp3) is 0.613. The van der Waals surface area contributed by atoms with E-state index in [4.69, 9.17) is 9.72 Å². The molecule has 41 heavy (non-hydrogen) atoms. The molecule has 2 aliphatic heterocycles. The van der Waals surface area contributed by atoms with E-state index >= 15 is 0 Å². The topological polar surface area (TPSA) is 103 Å². The van der Waals surface area contributed by atoms with Crippen molar-refractivity contribution in [2.24, 2.45) is 5.41 Å².